The van der Waals surface area contributed by atoms with Crippen LogP contribution in [0.4, 0.5) is 11.5 Å². The van der Waals surface area contributed by atoms with E-state index < -0.39 is 11.9 Å². The molecule has 0 saturated heterocycles. The molecule has 8 heteroatoms. The number of anilines is 2. The van der Waals surface area contributed by atoms with Crippen molar-refractivity contribution in [3.8, 4) is 0 Å². The molecule has 0 aliphatic carbocycles. The number of nitrogens with two attached hydrogens (primary N) is 1. The summed E-state index contributed by atoms with van der Waals surface area (Å²) in [5.41, 5.74) is 6.02. The minimum Gasteiger partial charge on any atom is -0.465 e. The van der Waals surface area contributed by atoms with E-state index in [2.05, 4.69) is 20.0 Å². The third-order valence-electron chi connectivity index (χ3n) is 2.61. The number of hydrogen-bond donors (Lipinski definition) is 2. The molecule has 2 aromatic rings. The van der Waals surface area contributed by atoms with Crippen LogP contribution in [0.2, 0.25) is 5.28 Å². The smallest absolute Gasteiger partial charge is 0.343 e. The highest BCUT2D eigenvalue weighted by Gasteiger charge is 2.17. The SMILES string of the molecule is COC(=O)c1cnc(Cl)nc1Nc1ccccc1C(N)=O. The summed E-state index contributed by atoms with van der Waals surface area (Å²) in [6.45, 7) is 0. The van der Waals surface area contributed by atoms with E-state index >= 15 is 0 Å². The predicted molar refractivity (Wildman–Crippen MR) is 76.6 cm³/mol. The maximum atomic E-state index is 11.7. The highest BCUT2D eigenvalue weighted by Crippen LogP contribution is 2.23. The van der Waals surface area contributed by atoms with Gasteiger partial charge in [0.15, 0.2) is 0 Å². The number of carbonyl (C=O) groups excluding carboxylic acids is 2. The molecule has 1 amide bonds. The molecule has 0 fully saturated rings. The van der Waals surface area contributed by atoms with Gasteiger partial charge in [-0.25, -0.2) is 9.78 Å². The number of esters is 1. The number of halogens is 1. The van der Waals surface area contributed by atoms with E-state index in [0.717, 1.165) is 0 Å². The second-order valence-corrected chi connectivity index (χ2v) is 4.27. The van der Waals surface area contributed by atoms with Crippen LogP contribution in [0.3, 0.4) is 0 Å². The van der Waals surface area contributed by atoms with Gasteiger partial charge in [0.2, 0.25) is 5.28 Å². The number of ether oxygens (including phenoxy) is 1. The summed E-state index contributed by atoms with van der Waals surface area (Å²) in [5, 5.41) is 2.79. The van der Waals surface area contributed by atoms with Gasteiger partial charge in [-0.1, -0.05) is 12.1 Å². The molecule has 0 aliphatic rings. The lowest BCUT2D eigenvalue weighted by Crippen LogP contribution is -2.14. The van der Waals surface area contributed by atoms with Crippen molar-refractivity contribution < 1.29 is 14.3 Å². The summed E-state index contributed by atoms with van der Waals surface area (Å²) in [6.07, 6.45) is 1.23. The molecule has 0 bridgehead atoms. The van der Waals surface area contributed by atoms with Gasteiger partial charge in [-0.3, -0.25) is 4.79 Å². The van der Waals surface area contributed by atoms with Gasteiger partial charge >= 0.3 is 5.97 Å². The summed E-state index contributed by atoms with van der Waals surface area (Å²) in [6, 6.07) is 6.54. The van der Waals surface area contributed by atoms with Crippen LogP contribution >= 0.6 is 11.6 Å². The van der Waals surface area contributed by atoms with E-state index in [1.807, 2.05) is 0 Å². The Labute approximate surface area is 125 Å². The Morgan fingerprint density at radius 1 is 1.29 bits per heavy atom. The van der Waals surface area contributed by atoms with E-state index in [-0.39, 0.29) is 22.2 Å². The molecular formula is C13H11ClN4O3. The number of para-hydroxylation sites is 1. The molecule has 0 aliphatic heterocycles. The highest BCUT2D eigenvalue weighted by molar-refractivity contribution is 6.28. The minimum atomic E-state index is -0.634. The second-order valence-electron chi connectivity index (χ2n) is 3.93. The van der Waals surface area contributed by atoms with Crippen LogP contribution in [-0.4, -0.2) is 29.0 Å². The monoisotopic (exact) mass is 306 g/mol. The number of rotatable bonds is 4. The number of benzene rings is 1. The molecular weight excluding hydrogens is 296 g/mol. The Hall–Kier alpha value is -2.67. The van der Waals surface area contributed by atoms with Gasteiger partial charge in [0.05, 0.1) is 18.4 Å². The van der Waals surface area contributed by atoms with Gasteiger partial charge in [-0.15, -0.1) is 0 Å². The Morgan fingerprint density at radius 3 is 2.67 bits per heavy atom. The number of primary amides is 1. The fourth-order valence-electron chi connectivity index (χ4n) is 1.65. The maximum absolute atomic E-state index is 11.7. The highest BCUT2D eigenvalue weighted by atomic mass is 35.5. The van der Waals surface area contributed by atoms with Crippen LogP contribution in [-0.2, 0) is 4.74 Å². The van der Waals surface area contributed by atoms with Gasteiger partial charge < -0.3 is 15.8 Å². The molecule has 0 spiro atoms. The van der Waals surface area contributed by atoms with Crippen LogP contribution in [0.5, 0.6) is 0 Å². The zero-order valence-corrected chi connectivity index (χ0v) is 11.7. The molecule has 0 radical (unpaired) electrons. The first-order valence-electron chi connectivity index (χ1n) is 5.79. The molecule has 0 unspecified atom stereocenters. The third kappa shape index (κ3) is 3.26. The van der Waals surface area contributed by atoms with E-state index in [1.54, 1.807) is 24.3 Å². The van der Waals surface area contributed by atoms with Crippen molar-refractivity contribution in [1.82, 2.24) is 9.97 Å². The largest absolute Gasteiger partial charge is 0.465 e. The number of carbonyl (C=O) groups is 2. The van der Waals surface area contributed by atoms with Crippen molar-refractivity contribution in [1.29, 1.82) is 0 Å². The Kier molecular flexibility index (Phi) is 4.34. The van der Waals surface area contributed by atoms with Crippen LogP contribution in [0.25, 0.3) is 0 Å². The van der Waals surface area contributed by atoms with E-state index in [4.69, 9.17) is 17.3 Å². The van der Waals surface area contributed by atoms with Crippen molar-refractivity contribution in [2.75, 3.05) is 12.4 Å². The number of aromatic nitrogens is 2. The second kappa shape index (κ2) is 6.19. The predicted octanol–water partition coefficient (Wildman–Crippen LogP) is 1.76. The van der Waals surface area contributed by atoms with Crippen LogP contribution in [0.15, 0.2) is 30.5 Å². The third-order valence-corrected chi connectivity index (χ3v) is 2.79. The fourth-order valence-corrected chi connectivity index (χ4v) is 1.78. The zero-order valence-electron chi connectivity index (χ0n) is 11.0. The molecule has 7 nitrogen and oxygen atoms in total. The topological polar surface area (TPSA) is 107 Å². The molecule has 108 valence electrons. The van der Waals surface area contributed by atoms with Crippen molar-refractivity contribution in [3.05, 3.63) is 46.9 Å². The summed E-state index contributed by atoms with van der Waals surface area (Å²) < 4.78 is 4.64. The van der Waals surface area contributed by atoms with Crippen LogP contribution < -0.4 is 11.1 Å². The van der Waals surface area contributed by atoms with Crippen LogP contribution in [0.1, 0.15) is 20.7 Å². The van der Waals surface area contributed by atoms with Gasteiger partial charge in [-0.05, 0) is 23.7 Å². The van der Waals surface area contributed by atoms with Gasteiger partial charge in [0.1, 0.15) is 11.4 Å². The maximum Gasteiger partial charge on any atom is 0.343 e. The summed E-state index contributed by atoms with van der Waals surface area (Å²) >= 11 is 5.73. The van der Waals surface area contributed by atoms with Gasteiger partial charge in [0, 0.05) is 6.20 Å². The van der Waals surface area contributed by atoms with Gasteiger partial charge in [-0.2, -0.15) is 4.98 Å². The quantitative estimate of drug-likeness (QED) is 0.658. The Balaban J connectivity index is 2.46. The molecule has 1 heterocycles. The van der Waals surface area contributed by atoms with Crippen molar-refractivity contribution in [3.63, 3.8) is 0 Å². The van der Waals surface area contributed by atoms with Crippen molar-refractivity contribution in [2.45, 2.75) is 0 Å². The molecule has 1 aromatic carbocycles. The average molecular weight is 307 g/mol. The number of methoxy groups -OCH3 is 1. The van der Waals surface area contributed by atoms with E-state index in [1.165, 1.54) is 13.3 Å². The standard InChI is InChI=1S/C13H11ClN4O3/c1-21-12(20)8-6-16-13(14)18-11(8)17-9-5-3-2-4-7(9)10(15)19/h2-6H,1H3,(H2,15,19)(H,16,17,18). The minimum absolute atomic E-state index is 0.0540. The first kappa shape index (κ1) is 14.7. The lowest BCUT2D eigenvalue weighted by atomic mass is 10.1. The number of hydrogen-bond acceptors (Lipinski definition) is 6. The average Bonchev–Trinajstić information content (AvgIpc) is 2.47. The lowest BCUT2D eigenvalue weighted by molar-refractivity contribution is 0.0601. The van der Waals surface area contributed by atoms with Crippen molar-refractivity contribution >= 4 is 35.0 Å². The Morgan fingerprint density at radius 2 is 2.00 bits per heavy atom. The molecule has 1 aromatic heterocycles. The van der Waals surface area contributed by atoms with E-state index in [0.29, 0.717) is 5.69 Å². The number of nitrogens with zero attached hydrogens (tertiary/aromatic N) is 2. The number of nitrogens with one attached hydrogen (secondary N) is 1. The zero-order chi connectivity index (χ0) is 15.4. The molecule has 2 rings (SSSR count). The number of amides is 1. The van der Waals surface area contributed by atoms with E-state index in [9.17, 15) is 9.59 Å². The fraction of sp³-hybridized carbons (Fsp3) is 0.0769. The van der Waals surface area contributed by atoms with Crippen LogP contribution in [0, 0.1) is 0 Å². The first-order valence-corrected chi connectivity index (χ1v) is 6.17. The molecule has 21 heavy (non-hydrogen) atoms. The molecule has 0 saturated carbocycles. The lowest BCUT2D eigenvalue weighted by Gasteiger charge is -2.11. The first-order chi connectivity index (χ1) is 10.0. The Bertz CT molecular complexity index is 706. The normalized spacial score (nSPS) is 10.0. The summed E-state index contributed by atoms with van der Waals surface area (Å²) in [7, 11) is 1.23. The molecule has 0 atom stereocenters. The summed E-state index contributed by atoms with van der Waals surface area (Å²) in [5.74, 6) is -1.13. The molecule has 3 N–H and O–H groups in total. The van der Waals surface area contributed by atoms with Crippen molar-refractivity contribution in [2.24, 2.45) is 5.73 Å². The van der Waals surface area contributed by atoms with Gasteiger partial charge in [0.25, 0.3) is 5.91 Å². The summed E-state index contributed by atoms with van der Waals surface area (Å²) in [4.78, 5) is 30.7.